The SMILES string of the molecule is CCC(C)NC(=O)C1CCC(Cn2c(=O)[nH]c3ccccc3c2=O)CC1. The van der Waals surface area contributed by atoms with E-state index in [1.165, 1.54) is 4.57 Å². The molecule has 1 heterocycles. The van der Waals surface area contributed by atoms with Crippen molar-refractivity contribution in [3.63, 3.8) is 0 Å². The zero-order valence-electron chi connectivity index (χ0n) is 15.5. The van der Waals surface area contributed by atoms with Crippen LogP contribution in [0.3, 0.4) is 0 Å². The van der Waals surface area contributed by atoms with E-state index in [4.69, 9.17) is 0 Å². The molecule has 6 heteroatoms. The van der Waals surface area contributed by atoms with Crippen LogP contribution in [-0.2, 0) is 11.3 Å². The number of carbonyl (C=O) groups is 1. The number of nitrogens with one attached hydrogen (secondary N) is 2. The number of aromatic amines is 1. The van der Waals surface area contributed by atoms with Crippen LogP contribution in [0.25, 0.3) is 10.9 Å². The zero-order chi connectivity index (χ0) is 18.7. The summed E-state index contributed by atoms with van der Waals surface area (Å²) in [7, 11) is 0. The fraction of sp³-hybridized carbons (Fsp3) is 0.550. The van der Waals surface area contributed by atoms with Gasteiger partial charge in [-0.1, -0.05) is 19.1 Å². The molecule has 26 heavy (non-hydrogen) atoms. The van der Waals surface area contributed by atoms with E-state index in [1.54, 1.807) is 24.3 Å². The molecule has 3 rings (SSSR count). The average molecular weight is 357 g/mol. The molecule has 1 unspecified atom stereocenters. The van der Waals surface area contributed by atoms with Crippen LogP contribution >= 0.6 is 0 Å². The number of hydrogen-bond donors (Lipinski definition) is 2. The predicted octanol–water partition coefficient (Wildman–Crippen LogP) is 2.41. The number of rotatable bonds is 5. The maximum Gasteiger partial charge on any atom is 0.328 e. The Hall–Kier alpha value is -2.37. The van der Waals surface area contributed by atoms with Gasteiger partial charge in [0, 0.05) is 18.5 Å². The van der Waals surface area contributed by atoms with Gasteiger partial charge in [0.25, 0.3) is 5.56 Å². The summed E-state index contributed by atoms with van der Waals surface area (Å²) in [5.74, 6) is 0.438. The number of H-pyrrole nitrogens is 1. The molecular weight excluding hydrogens is 330 g/mol. The molecule has 0 bridgehead atoms. The predicted molar refractivity (Wildman–Crippen MR) is 102 cm³/mol. The number of benzene rings is 1. The van der Waals surface area contributed by atoms with Crippen LogP contribution in [0.2, 0.25) is 0 Å². The van der Waals surface area contributed by atoms with Gasteiger partial charge in [-0.25, -0.2) is 4.79 Å². The highest BCUT2D eigenvalue weighted by atomic mass is 16.2. The first kappa shape index (κ1) is 18.4. The van der Waals surface area contributed by atoms with Crippen molar-refractivity contribution in [2.75, 3.05) is 0 Å². The topological polar surface area (TPSA) is 84.0 Å². The van der Waals surface area contributed by atoms with Gasteiger partial charge < -0.3 is 10.3 Å². The molecule has 0 aliphatic heterocycles. The van der Waals surface area contributed by atoms with Crippen LogP contribution in [0.1, 0.15) is 46.0 Å². The molecule has 0 radical (unpaired) electrons. The van der Waals surface area contributed by atoms with Gasteiger partial charge in [0.1, 0.15) is 0 Å². The number of amides is 1. The minimum atomic E-state index is -0.356. The van der Waals surface area contributed by atoms with Crippen molar-refractivity contribution < 1.29 is 4.79 Å². The quantitative estimate of drug-likeness (QED) is 0.862. The fourth-order valence-corrected chi connectivity index (χ4v) is 3.69. The van der Waals surface area contributed by atoms with Gasteiger partial charge in [0.05, 0.1) is 10.9 Å². The van der Waals surface area contributed by atoms with Crippen molar-refractivity contribution in [1.82, 2.24) is 14.9 Å². The van der Waals surface area contributed by atoms with E-state index in [0.29, 0.717) is 17.4 Å². The van der Waals surface area contributed by atoms with Crippen LogP contribution in [0, 0.1) is 11.8 Å². The lowest BCUT2D eigenvalue weighted by atomic mass is 9.81. The lowest BCUT2D eigenvalue weighted by Crippen LogP contribution is -2.40. The minimum Gasteiger partial charge on any atom is -0.353 e. The lowest BCUT2D eigenvalue weighted by molar-refractivity contribution is -0.126. The number of fused-ring (bicyclic) bond motifs is 1. The van der Waals surface area contributed by atoms with E-state index < -0.39 is 0 Å². The molecule has 0 spiro atoms. The van der Waals surface area contributed by atoms with Crippen LogP contribution in [0.15, 0.2) is 33.9 Å². The third-order valence-electron chi connectivity index (χ3n) is 5.55. The van der Waals surface area contributed by atoms with Crippen molar-refractivity contribution >= 4 is 16.8 Å². The summed E-state index contributed by atoms with van der Waals surface area (Å²) in [6.07, 6.45) is 4.27. The van der Waals surface area contributed by atoms with Crippen LogP contribution in [0.4, 0.5) is 0 Å². The molecule has 1 aliphatic rings. The third kappa shape index (κ3) is 3.89. The Morgan fingerprint density at radius 2 is 1.92 bits per heavy atom. The smallest absolute Gasteiger partial charge is 0.328 e. The standard InChI is InChI=1S/C20H27N3O3/c1-3-13(2)21-18(24)15-10-8-14(9-11-15)12-23-19(25)16-6-4-5-7-17(16)22-20(23)26/h4-7,13-15H,3,8-12H2,1-2H3,(H,21,24)(H,22,26). The number of carbonyl (C=O) groups excluding carboxylic acids is 1. The largest absolute Gasteiger partial charge is 0.353 e. The van der Waals surface area contributed by atoms with Gasteiger partial charge in [-0.05, 0) is 57.1 Å². The Labute approximate surface area is 152 Å². The number of hydrogen-bond acceptors (Lipinski definition) is 3. The summed E-state index contributed by atoms with van der Waals surface area (Å²) < 4.78 is 1.31. The average Bonchev–Trinajstić information content (AvgIpc) is 2.65. The Kier molecular flexibility index (Phi) is 5.59. The van der Waals surface area contributed by atoms with Crippen LogP contribution < -0.4 is 16.6 Å². The van der Waals surface area contributed by atoms with Gasteiger partial charge >= 0.3 is 5.69 Å². The minimum absolute atomic E-state index is 0.0480. The molecule has 1 aromatic heterocycles. The lowest BCUT2D eigenvalue weighted by Gasteiger charge is -2.28. The van der Waals surface area contributed by atoms with Gasteiger partial charge in [0.15, 0.2) is 0 Å². The van der Waals surface area contributed by atoms with Crippen molar-refractivity contribution in [3.8, 4) is 0 Å². The molecule has 1 aliphatic carbocycles. The first-order valence-corrected chi connectivity index (χ1v) is 9.51. The molecule has 1 atom stereocenters. The number of nitrogens with zero attached hydrogens (tertiary/aromatic N) is 1. The Balaban J connectivity index is 1.67. The second kappa shape index (κ2) is 7.89. The second-order valence-electron chi connectivity index (χ2n) is 7.43. The van der Waals surface area contributed by atoms with Gasteiger partial charge in [-0.2, -0.15) is 0 Å². The van der Waals surface area contributed by atoms with Crippen molar-refractivity contribution in [1.29, 1.82) is 0 Å². The number of para-hydroxylation sites is 1. The molecule has 1 amide bonds. The molecule has 140 valence electrons. The summed E-state index contributed by atoms with van der Waals surface area (Å²) in [5.41, 5.74) is -0.0181. The number of aromatic nitrogens is 2. The Morgan fingerprint density at radius 3 is 2.62 bits per heavy atom. The highest BCUT2D eigenvalue weighted by Gasteiger charge is 2.27. The molecular formula is C20H27N3O3. The summed E-state index contributed by atoms with van der Waals surface area (Å²) in [6.45, 7) is 4.49. The first-order chi connectivity index (χ1) is 12.5. The fourth-order valence-electron chi connectivity index (χ4n) is 3.69. The van der Waals surface area contributed by atoms with E-state index in [2.05, 4.69) is 17.2 Å². The summed E-state index contributed by atoms with van der Waals surface area (Å²) in [6, 6.07) is 7.28. The highest BCUT2D eigenvalue weighted by molar-refractivity contribution is 5.79. The Bertz CT molecular complexity index is 891. The van der Waals surface area contributed by atoms with Crippen molar-refractivity contribution in [2.45, 2.75) is 58.5 Å². The van der Waals surface area contributed by atoms with Gasteiger partial charge in [-0.3, -0.25) is 14.2 Å². The highest BCUT2D eigenvalue weighted by Crippen LogP contribution is 2.29. The normalized spacial score (nSPS) is 21.5. The van der Waals surface area contributed by atoms with E-state index in [-0.39, 0.29) is 35.0 Å². The monoisotopic (exact) mass is 357 g/mol. The molecule has 6 nitrogen and oxygen atoms in total. The van der Waals surface area contributed by atoms with Crippen LogP contribution in [0.5, 0.6) is 0 Å². The summed E-state index contributed by atoms with van der Waals surface area (Å²) in [5, 5.41) is 3.59. The maximum absolute atomic E-state index is 12.6. The molecule has 1 saturated carbocycles. The van der Waals surface area contributed by atoms with Crippen molar-refractivity contribution in [2.24, 2.45) is 11.8 Å². The summed E-state index contributed by atoms with van der Waals surface area (Å²) in [4.78, 5) is 40.0. The zero-order valence-corrected chi connectivity index (χ0v) is 15.5. The molecule has 1 fully saturated rings. The Morgan fingerprint density at radius 1 is 1.23 bits per heavy atom. The van der Waals surface area contributed by atoms with E-state index >= 15 is 0 Å². The van der Waals surface area contributed by atoms with E-state index in [1.807, 2.05) is 6.92 Å². The first-order valence-electron chi connectivity index (χ1n) is 9.51. The van der Waals surface area contributed by atoms with E-state index in [9.17, 15) is 14.4 Å². The van der Waals surface area contributed by atoms with Gasteiger partial charge in [-0.15, -0.1) is 0 Å². The second-order valence-corrected chi connectivity index (χ2v) is 7.43. The molecule has 0 saturated heterocycles. The summed E-state index contributed by atoms with van der Waals surface area (Å²) >= 11 is 0. The molecule has 1 aromatic carbocycles. The van der Waals surface area contributed by atoms with Gasteiger partial charge in [0.2, 0.25) is 5.91 Å². The third-order valence-corrected chi connectivity index (χ3v) is 5.55. The van der Waals surface area contributed by atoms with Crippen LogP contribution in [-0.4, -0.2) is 21.5 Å². The van der Waals surface area contributed by atoms with E-state index in [0.717, 1.165) is 32.1 Å². The molecule has 2 N–H and O–H groups in total. The maximum atomic E-state index is 12.6. The molecule has 2 aromatic rings. The van der Waals surface area contributed by atoms with Crippen molar-refractivity contribution in [3.05, 3.63) is 45.1 Å².